The average Bonchev–Trinajstić information content (AvgIpc) is 2.94. The van der Waals surface area contributed by atoms with Crippen LogP contribution >= 0.6 is 0 Å². The molecule has 0 amide bonds. The van der Waals surface area contributed by atoms with Crippen molar-refractivity contribution in [3.63, 3.8) is 0 Å². The van der Waals surface area contributed by atoms with Crippen LogP contribution in [0.4, 0.5) is 0 Å². The van der Waals surface area contributed by atoms with Crippen molar-refractivity contribution in [3.8, 4) is 5.69 Å². The van der Waals surface area contributed by atoms with Crippen molar-refractivity contribution in [1.29, 1.82) is 0 Å². The van der Waals surface area contributed by atoms with Gasteiger partial charge in [-0.05, 0) is 25.0 Å². The fraction of sp³-hybridized carbons (Fsp3) is 0.286. The predicted molar refractivity (Wildman–Crippen MR) is 68.2 cm³/mol. The Labute approximate surface area is 101 Å². The number of hydrogen-bond donors (Lipinski definition) is 0. The molecule has 0 saturated heterocycles. The van der Waals surface area contributed by atoms with Crippen LogP contribution in [-0.4, -0.2) is 14.8 Å². The van der Waals surface area contributed by atoms with Crippen molar-refractivity contribution in [2.75, 3.05) is 0 Å². The fourth-order valence-electron chi connectivity index (χ4n) is 2.30. The maximum Gasteiger partial charge on any atom is 0.0751 e. The normalized spacial score (nSPS) is 13.1. The van der Waals surface area contributed by atoms with Crippen molar-refractivity contribution >= 4 is 6.08 Å². The fourth-order valence-corrected chi connectivity index (χ4v) is 2.30. The molecule has 1 aliphatic rings. The molecule has 0 aromatic carbocycles. The molecule has 3 rings (SSSR count). The molecule has 86 valence electrons. The topological polar surface area (TPSA) is 30.7 Å². The standard InChI is InChI=1S/C14H15N3/c1-3-11-9-17(16-10(11)2)14-7-8-15-13-6-4-5-12(13)14/h4-5,7-9H,3,6H2,1-2H3. The molecule has 0 unspecified atom stereocenters. The molecule has 2 aromatic rings. The summed E-state index contributed by atoms with van der Waals surface area (Å²) in [4.78, 5) is 4.39. The second-order valence-electron chi connectivity index (χ2n) is 4.33. The largest absolute Gasteiger partial charge is 0.260 e. The Bertz CT molecular complexity index is 594. The first-order chi connectivity index (χ1) is 8.29. The summed E-state index contributed by atoms with van der Waals surface area (Å²) < 4.78 is 1.98. The van der Waals surface area contributed by atoms with Crippen molar-refractivity contribution in [3.05, 3.63) is 47.1 Å². The van der Waals surface area contributed by atoms with E-state index < -0.39 is 0 Å². The Kier molecular flexibility index (Phi) is 2.32. The summed E-state index contributed by atoms with van der Waals surface area (Å²) in [5.41, 5.74) is 5.90. The van der Waals surface area contributed by atoms with Gasteiger partial charge in [0.15, 0.2) is 0 Å². The summed E-state index contributed by atoms with van der Waals surface area (Å²) in [6, 6.07) is 2.03. The minimum atomic E-state index is 0.935. The molecule has 0 bridgehead atoms. The van der Waals surface area contributed by atoms with Crippen LogP contribution in [0.15, 0.2) is 24.5 Å². The lowest BCUT2D eigenvalue weighted by Crippen LogP contribution is -2.00. The molecule has 0 radical (unpaired) electrons. The first-order valence-corrected chi connectivity index (χ1v) is 5.99. The van der Waals surface area contributed by atoms with E-state index in [4.69, 9.17) is 0 Å². The first-order valence-electron chi connectivity index (χ1n) is 5.99. The van der Waals surface area contributed by atoms with E-state index in [-0.39, 0.29) is 0 Å². The third kappa shape index (κ3) is 1.58. The van der Waals surface area contributed by atoms with Gasteiger partial charge >= 0.3 is 0 Å². The van der Waals surface area contributed by atoms with Gasteiger partial charge in [0.25, 0.3) is 0 Å². The van der Waals surface area contributed by atoms with E-state index >= 15 is 0 Å². The van der Waals surface area contributed by atoms with E-state index in [9.17, 15) is 0 Å². The van der Waals surface area contributed by atoms with Gasteiger partial charge in [-0.15, -0.1) is 0 Å². The predicted octanol–water partition coefficient (Wildman–Crippen LogP) is 2.71. The molecule has 0 fully saturated rings. The highest BCUT2D eigenvalue weighted by molar-refractivity contribution is 5.66. The number of rotatable bonds is 2. The average molecular weight is 225 g/mol. The number of aryl methyl sites for hydroxylation is 2. The van der Waals surface area contributed by atoms with Crippen molar-refractivity contribution in [1.82, 2.24) is 14.8 Å². The summed E-state index contributed by atoms with van der Waals surface area (Å²) in [7, 11) is 0. The van der Waals surface area contributed by atoms with Gasteiger partial charge in [0, 0.05) is 24.4 Å². The number of fused-ring (bicyclic) bond motifs is 1. The molecule has 0 N–H and O–H groups in total. The molecule has 3 heteroatoms. The Morgan fingerprint density at radius 3 is 3.06 bits per heavy atom. The Morgan fingerprint density at radius 1 is 1.41 bits per heavy atom. The summed E-state index contributed by atoms with van der Waals surface area (Å²) >= 11 is 0. The van der Waals surface area contributed by atoms with E-state index in [2.05, 4.69) is 42.3 Å². The highest BCUT2D eigenvalue weighted by atomic mass is 15.3. The van der Waals surface area contributed by atoms with Crippen molar-refractivity contribution < 1.29 is 0 Å². The molecule has 0 saturated carbocycles. The number of pyridine rings is 1. The summed E-state index contributed by atoms with van der Waals surface area (Å²) in [6.07, 6.45) is 10.2. The van der Waals surface area contributed by atoms with Crippen LogP contribution in [0.3, 0.4) is 0 Å². The maximum absolute atomic E-state index is 4.58. The highest BCUT2D eigenvalue weighted by Crippen LogP contribution is 2.24. The van der Waals surface area contributed by atoms with E-state index in [1.54, 1.807) is 0 Å². The Morgan fingerprint density at radius 2 is 2.29 bits per heavy atom. The molecule has 0 atom stereocenters. The van der Waals surface area contributed by atoms with Gasteiger partial charge in [-0.3, -0.25) is 4.98 Å². The zero-order valence-corrected chi connectivity index (χ0v) is 10.1. The van der Waals surface area contributed by atoms with Crippen LogP contribution in [0.25, 0.3) is 11.8 Å². The molecule has 2 aromatic heterocycles. The third-order valence-corrected chi connectivity index (χ3v) is 3.27. The lowest BCUT2D eigenvalue weighted by atomic mass is 10.2. The highest BCUT2D eigenvalue weighted by Gasteiger charge is 2.13. The SMILES string of the molecule is CCc1cn(-c2ccnc3c2C=CC3)nc1C. The number of nitrogens with zero attached hydrogens (tertiary/aromatic N) is 3. The van der Waals surface area contributed by atoms with Crippen LogP contribution < -0.4 is 0 Å². The van der Waals surface area contributed by atoms with Gasteiger partial charge in [0.1, 0.15) is 0 Å². The lowest BCUT2D eigenvalue weighted by Gasteiger charge is -2.06. The Balaban J connectivity index is 2.15. The van der Waals surface area contributed by atoms with E-state index in [1.165, 1.54) is 11.1 Å². The molecular formula is C14H15N3. The van der Waals surface area contributed by atoms with Gasteiger partial charge in [0.05, 0.1) is 17.1 Å². The number of allylic oxidation sites excluding steroid dienone is 1. The van der Waals surface area contributed by atoms with Gasteiger partial charge in [-0.25, -0.2) is 4.68 Å². The Hall–Kier alpha value is -1.90. The van der Waals surface area contributed by atoms with Crippen LogP contribution in [0.2, 0.25) is 0 Å². The van der Waals surface area contributed by atoms with E-state index in [1.807, 2.05) is 16.9 Å². The third-order valence-electron chi connectivity index (χ3n) is 3.27. The molecular weight excluding hydrogens is 210 g/mol. The van der Waals surface area contributed by atoms with Gasteiger partial charge in [-0.1, -0.05) is 19.1 Å². The second-order valence-corrected chi connectivity index (χ2v) is 4.33. The maximum atomic E-state index is 4.58. The monoisotopic (exact) mass is 225 g/mol. The molecule has 0 aliphatic heterocycles. The molecule has 0 spiro atoms. The second kappa shape index (κ2) is 3.84. The van der Waals surface area contributed by atoms with Crippen LogP contribution in [0.5, 0.6) is 0 Å². The molecule has 17 heavy (non-hydrogen) atoms. The van der Waals surface area contributed by atoms with Crippen molar-refractivity contribution in [2.24, 2.45) is 0 Å². The zero-order chi connectivity index (χ0) is 11.8. The van der Waals surface area contributed by atoms with E-state index in [0.29, 0.717) is 0 Å². The molecule has 2 heterocycles. The number of aromatic nitrogens is 3. The van der Waals surface area contributed by atoms with Crippen LogP contribution in [-0.2, 0) is 12.8 Å². The van der Waals surface area contributed by atoms with Gasteiger partial charge in [0.2, 0.25) is 0 Å². The molecule has 3 nitrogen and oxygen atoms in total. The lowest BCUT2D eigenvalue weighted by molar-refractivity contribution is 0.855. The van der Waals surface area contributed by atoms with Crippen LogP contribution in [0, 0.1) is 6.92 Å². The summed E-state index contributed by atoms with van der Waals surface area (Å²) in [5, 5.41) is 4.58. The van der Waals surface area contributed by atoms with Crippen LogP contribution in [0.1, 0.15) is 29.4 Å². The smallest absolute Gasteiger partial charge is 0.0751 e. The zero-order valence-electron chi connectivity index (χ0n) is 10.1. The van der Waals surface area contributed by atoms with E-state index in [0.717, 1.165) is 29.9 Å². The first kappa shape index (κ1) is 10.3. The number of hydrogen-bond acceptors (Lipinski definition) is 2. The quantitative estimate of drug-likeness (QED) is 0.786. The minimum Gasteiger partial charge on any atom is -0.260 e. The van der Waals surface area contributed by atoms with Crippen molar-refractivity contribution in [2.45, 2.75) is 26.7 Å². The van der Waals surface area contributed by atoms with Gasteiger partial charge in [-0.2, -0.15) is 5.10 Å². The molecule has 1 aliphatic carbocycles. The summed E-state index contributed by atoms with van der Waals surface area (Å²) in [5.74, 6) is 0. The minimum absolute atomic E-state index is 0.935. The van der Waals surface area contributed by atoms with Gasteiger partial charge < -0.3 is 0 Å². The summed E-state index contributed by atoms with van der Waals surface area (Å²) in [6.45, 7) is 4.22.